The summed E-state index contributed by atoms with van der Waals surface area (Å²) in [6, 6.07) is 6.55. The molecule has 0 amide bonds. The number of hydrogen-bond donors (Lipinski definition) is 3. The molecule has 0 radical (unpaired) electrons. The van der Waals surface area contributed by atoms with E-state index in [0.717, 1.165) is 25.1 Å². The lowest BCUT2D eigenvalue weighted by Crippen LogP contribution is -2.29. The van der Waals surface area contributed by atoms with Crippen molar-refractivity contribution in [2.45, 2.75) is 17.4 Å². The van der Waals surface area contributed by atoms with Gasteiger partial charge in [0.1, 0.15) is 16.5 Å². The molecule has 2 aromatic carbocycles. The largest absolute Gasteiger partial charge is 0.368 e. The lowest BCUT2D eigenvalue weighted by molar-refractivity contribution is 0.570. The van der Waals surface area contributed by atoms with Gasteiger partial charge in [-0.15, -0.1) is 11.3 Å². The third kappa shape index (κ3) is 4.80. The average molecular weight is 500 g/mol. The molecule has 3 aromatic rings. The third-order valence-electron chi connectivity index (χ3n) is 5.15. The van der Waals surface area contributed by atoms with Gasteiger partial charge in [-0.3, -0.25) is 4.72 Å². The summed E-state index contributed by atoms with van der Waals surface area (Å²) in [5.74, 6) is -1.29. The van der Waals surface area contributed by atoms with Gasteiger partial charge in [0.25, 0.3) is 10.0 Å². The van der Waals surface area contributed by atoms with E-state index in [2.05, 4.69) is 20.3 Å². The number of nitrogens with one attached hydrogen (secondary N) is 3. The molecular weight excluding hydrogens is 480 g/mol. The summed E-state index contributed by atoms with van der Waals surface area (Å²) < 4.78 is 56.1. The van der Waals surface area contributed by atoms with Crippen LogP contribution in [0.15, 0.2) is 46.1 Å². The first-order chi connectivity index (χ1) is 15.3. The first-order valence-electron chi connectivity index (χ1n) is 9.65. The van der Waals surface area contributed by atoms with E-state index in [0.29, 0.717) is 17.9 Å². The van der Waals surface area contributed by atoms with Gasteiger partial charge in [0.15, 0.2) is 5.82 Å². The van der Waals surface area contributed by atoms with Crippen LogP contribution in [-0.2, 0) is 10.0 Å². The molecule has 1 aliphatic heterocycles. The van der Waals surface area contributed by atoms with Crippen LogP contribution in [0.4, 0.5) is 31.7 Å². The van der Waals surface area contributed by atoms with Gasteiger partial charge in [-0.25, -0.2) is 22.2 Å². The second-order valence-corrected chi connectivity index (χ2v) is 10.0. The van der Waals surface area contributed by atoms with Crippen molar-refractivity contribution >= 4 is 55.8 Å². The molecule has 1 aromatic heterocycles. The van der Waals surface area contributed by atoms with Gasteiger partial charge < -0.3 is 15.5 Å². The summed E-state index contributed by atoms with van der Waals surface area (Å²) in [5.41, 5.74) is 2.75. The highest BCUT2D eigenvalue weighted by Crippen LogP contribution is 2.36. The molecule has 0 unspecified atom stereocenters. The number of benzene rings is 2. The highest BCUT2D eigenvalue weighted by molar-refractivity contribution is 7.92. The van der Waals surface area contributed by atoms with Crippen LogP contribution < -0.4 is 20.3 Å². The zero-order chi connectivity index (χ0) is 22.9. The second-order valence-electron chi connectivity index (χ2n) is 7.25. The van der Waals surface area contributed by atoms with Crippen LogP contribution in [-0.4, -0.2) is 39.6 Å². The van der Waals surface area contributed by atoms with Crippen molar-refractivity contribution in [3.63, 3.8) is 0 Å². The molecule has 1 fully saturated rings. The Balaban J connectivity index is 1.63. The van der Waals surface area contributed by atoms with E-state index in [4.69, 9.17) is 11.6 Å². The van der Waals surface area contributed by atoms with Gasteiger partial charge in [-0.05, 0) is 37.7 Å². The van der Waals surface area contributed by atoms with Crippen LogP contribution in [0.5, 0.6) is 0 Å². The minimum absolute atomic E-state index is 0.00477. The van der Waals surface area contributed by atoms with Gasteiger partial charge in [-0.2, -0.15) is 0 Å². The van der Waals surface area contributed by atoms with E-state index >= 15 is 0 Å². The van der Waals surface area contributed by atoms with Gasteiger partial charge >= 0.3 is 0 Å². The Morgan fingerprint density at radius 2 is 2.03 bits per heavy atom. The van der Waals surface area contributed by atoms with Crippen molar-refractivity contribution in [3.8, 4) is 0 Å². The van der Waals surface area contributed by atoms with Gasteiger partial charge in [0.05, 0.1) is 27.6 Å². The maximum atomic E-state index is 14.8. The molecule has 1 aliphatic rings. The molecule has 170 valence electrons. The molecule has 12 heteroatoms. The first kappa shape index (κ1) is 22.7. The predicted molar refractivity (Wildman–Crippen MR) is 124 cm³/mol. The maximum Gasteiger partial charge on any atom is 0.266 e. The highest BCUT2D eigenvalue weighted by atomic mass is 35.5. The van der Waals surface area contributed by atoms with Gasteiger partial charge in [-0.1, -0.05) is 11.6 Å². The maximum absolute atomic E-state index is 14.8. The molecule has 2 heterocycles. The van der Waals surface area contributed by atoms with Crippen molar-refractivity contribution in [1.29, 1.82) is 0 Å². The number of halogens is 3. The van der Waals surface area contributed by atoms with Gasteiger partial charge in [0.2, 0.25) is 0 Å². The summed E-state index contributed by atoms with van der Waals surface area (Å²) in [6.45, 7) is 1.42. The molecule has 4 rings (SSSR count). The lowest BCUT2D eigenvalue weighted by atomic mass is 10.2. The molecule has 0 spiro atoms. The molecule has 32 heavy (non-hydrogen) atoms. The van der Waals surface area contributed by atoms with E-state index in [-0.39, 0.29) is 22.6 Å². The smallest absolute Gasteiger partial charge is 0.266 e. The van der Waals surface area contributed by atoms with Crippen molar-refractivity contribution in [3.05, 3.63) is 57.9 Å². The molecule has 0 saturated carbocycles. The second kappa shape index (κ2) is 9.18. The third-order valence-corrected chi connectivity index (χ3v) is 7.42. The Hall–Kier alpha value is -2.47. The van der Waals surface area contributed by atoms with Crippen molar-refractivity contribution in [2.75, 3.05) is 35.1 Å². The Morgan fingerprint density at radius 1 is 1.22 bits per heavy atom. The average Bonchev–Trinajstić information content (AvgIpc) is 3.43. The summed E-state index contributed by atoms with van der Waals surface area (Å²) >= 11 is 7.49. The number of likely N-dealkylation sites (N-methyl/N-ethyl adjacent to an activating group) is 1. The highest BCUT2D eigenvalue weighted by Gasteiger charge is 2.25. The SMILES string of the molecule is CN[C@@H]1CCN(c2cc(F)ccc2Nc2cc(F)c(S(=O)(=O)Nc3cscn3)cc2Cl)C1. The Bertz CT molecular complexity index is 1220. The van der Waals surface area contributed by atoms with E-state index in [1.54, 1.807) is 6.07 Å². The molecule has 1 atom stereocenters. The Morgan fingerprint density at radius 3 is 2.72 bits per heavy atom. The van der Waals surface area contributed by atoms with Crippen LogP contribution in [0.1, 0.15) is 6.42 Å². The normalized spacial score (nSPS) is 16.4. The van der Waals surface area contributed by atoms with Crippen LogP contribution in [0, 0.1) is 11.6 Å². The first-order valence-corrected chi connectivity index (χ1v) is 12.5. The Labute approximate surface area is 193 Å². The van der Waals surface area contributed by atoms with Crippen LogP contribution >= 0.6 is 22.9 Å². The van der Waals surface area contributed by atoms with E-state index in [1.807, 2.05) is 11.9 Å². The van der Waals surface area contributed by atoms with Crippen LogP contribution in [0.25, 0.3) is 0 Å². The van der Waals surface area contributed by atoms with Crippen molar-refractivity contribution < 1.29 is 17.2 Å². The van der Waals surface area contributed by atoms with Gasteiger partial charge in [0, 0.05) is 30.6 Å². The number of thiazole rings is 1. The number of anilines is 4. The van der Waals surface area contributed by atoms with Crippen LogP contribution in [0.3, 0.4) is 0 Å². The number of nitrogens with zero attached hydrogens (tertiary/aromatic N) is 2. The molecule has 7 nitrogen and oxygen atoms in total. The zero-order valence-corrected chi connectivity index (χ0v) is 19.3. The minimum Gasteiger partial charge on any atom is -0.368 e. The Kier molecular flexibility index (Phi) is 6.52. The summed E-state index contributed by atoms with van der Waals surface area (Å²) in [7, 11) is -2.34. The number of rotatable bonds is 7. The molecule has 3 N–H and O–H groups in total. The van der Waals surface area contributed by atoms with Crippen molar-refractivity contribution in [1.82, 2.24) is 10.3 Å². The fourth-order valence-corrected chi connectivity index (χ4v) is 5.44. The topological polar surface area (TPSA) is 86.4 Å². The molecule has 0 aliphatic carbocycles. The molecule has 1 saturated heterocycles. The lowest BCUT2D eigenvalue weighted by Gasteiger charge is -2.23. The molecule has 0 bridgehead atoms. The fourth-order valence-electron chi connectivity index (χ4n) is 3.52. The summed E-state index contributed by atoms with van der Waals surface area (Å²) in [6.07, 6.45) is 0.903. The van der Waals surface area contributed by atoms with Crippen molar-refractivity contribution in [2.24, 2.45) is 0 Å². The quantitative estimate of drug-likeness (QED) is 0.446. The standard InChI is InChI=1S/C20H20ClF2N5O2S2/c1-24-13-4-5-28(9-13)18-6-12(22)2-3-16(18)26-17-8-15(23)19(7-14(17)21)32(29,30)27-20-10-31-11-25-20/h2-3,6-8,10-11,13,24,26-27H,4-5,9H2,1H3/t13-/m1/s1. The fraction of sp³-hybridized carbons (Fsp3) is 0.250. The number of aromatic nitrogens is 1. The monoisotopic (exact) mass is 499 g/mol. The van der Waals surface area contributed by atoms with E-state index in [1.165, 1.54) is 34.4 Å². The molecular formula is C20H20ClF2N5O2S2. The summed E-state index contributed by atoms with van der Waals surface area (Å²) in [4.78, 5) is 5.26. The number of hydrogen-bond acceptors (Lipinski definition) is 7. The summed E-state index contributed by atoms with van der Waals surface area (Å²) in [5, 5.41) is 7.70. The van der Waals surface area contributed by atoms with E-state index < -0.39 is 26.6 Å². The zero-order valence-electron chi connectivity index (χ0n) is 16.9. The minimum atomic E-state index is -4.22. The number of sulfonamides is 1. The van der Waals surface area contributed by atoms with Crippen LogP contribution in [0.2, 0.25) is 5.02 Å². The predicted octanol–water partition coefficient (Wildman–Crippen LogP) is 4.42. The van der Waals surface area contributed by atoms with E-state index in [9.17, 15) is 17.2 Å².